The molecular weight excluding hydrogens is 186 g/mol. The van der Waals surface area contributed by atoms with Crippen LogP contribution in [0.25, 0.3) is 0 Å². The van der Waals surface area contributed by atoms with Crippen molar-refractivity contribution in [1.82, 2.24) is 0 Å². The molecule has 1 rings (SSSR count). The van der Waals surface area contributed by atoms with Crippen molar-refractivity contribution < 1.29 is 4.74 Å². The average Bonchev–Trinajstić information content (AvgIpc) is 2.09. The first-order valence-corrected chi connectivity index (χ1v) is 4.71. The molecule has 0 radical (unpaired) electrons. The van der Waals surface area contributed by atoms with Crippen LogP contribution in [0.2, 0.25) is 5.02 Å². The van der Waals surface area contributed by atoms with Gasteiger partial charge in [0.2, 0.25) is 0 Å². The molecule has 0 aliphatic heterocycles. The van der Waals surface area contributed by atoms with Gasteiger partial charge in [-0.05, 0) is 43.7 Å². The normalized spacial score (nSPS) is 10.1. The molecule has 1 aromatic rings. The third-order valence-electron chi connectivity index (χ3n) is 1.74. The van der Waals surface area contributed by atoms with E-state index in [-0.39, 0.29) is 0 Å². The summed E-state index contributed by atoms with van der Waals surface area (Å²) in [5.41, 5.74) is 6.41. The van der Waals surface area contributed by atoms with Crippen molar-refractivity contribution in [3.05, 3.63) is 28.8 Å². The molecule has 0 saturated carbocycles. The van der Waals surface area contributed by atoms with Crippen LogP contribution >= 0.6 is 11.6 Å². The van der Waals surface area contributed by atoms with Crippen LogP contribution in [0.3, 0.4) is 0 Å². The van der Waals surface area contributed by atoms with E-state index >= 15 is 0 Å². The van der Waals surface area contributed by atoms with Gasteiger partial charge in [-0.15, -0.1) is 0 Å². The largest absolute Gasteiger partial charge is 0.493 e. The molecule has 0 aliphatic rings. The van der Waals surface area contributed by atoms with Crippen molar-refractivity contribution in [3.8, 4) is 5.75 Å². The van der Waals surface area contributed by atoms with Crippen LogP contribution in [0.4, 0.5) is 0 Å². The lowest BCUT2D eigenvalue weighted by atomic mass is 10.2. The molecular formula is C10H14ClNO. The predicted molar refractivity (Wildman–Crippen MR) is 55.4 cm³/mol. The summed E-state index contributed by atoms with van der Waals surface area (Å²) in [6, 6.07) is 5.60. The smallest absolute Gasteiger partial charge is 0.122 e. The molecule has 0 aliphatic carbocycles. The molecule has 72 valence electrons. The molecule has 0 heterocycles. The van der Waals surface area contributed by atoms with Crippen molar-refractivity contribution >= 4 is 11.6 Å². The molecule has 13 heavy (non-hydrogen) atoms. The number of benzene rings is 1. The Hall–Kier alpha value is -0.730. The maximum atomic E-state index is 5.80. The number of hydrogen-bond donors (Lipinski definition) is 1. The van der Waals surface area contributed by atoms with Crippen molar-refractivity contribution in [1.29, 1.82) is 0 Å². The van der Waals surface area contributed by atoms with Gasteiger partial charge in [-0.1, -0.05) is 11.6 Å². The van der Waals surface area contributed by atoms with E-state index in [2.05, 4.69) is 0 Å². The maximum absolute atomic E-state index is 5.80. The SMILES string of the molecule is Cc1cc(Cl)ccc1OCCCN. The first-order chi connectivity index (χ1) is 6.24. The lowest BCUT2D eigenvalue weighted by Crippen LogP contribution is -2.06. The van der Waals surface area contributed by atoms with E-state index in [1.807, 2.05) is 25.1 Å². The second-order valence-corrected chi connectivity index (χ2v) is 3.34. The first kappa shape index (κ1) is 10.4. The zero-order valence-electron chi connectivity index (χ0n) is 7.72. The summed E-state index contributed by atoms with van der Waals surface area (Å²) >= 11 is 5.80. The molecule has 0 atom stereocenters. The highest BCUT2D eigenvalue weighted by Crippen LogP contribution is 2.21. The highest BCUT2D eigenvalue weighted by atomic mass is 35.5. The number of ether oxygens (including phenoxy) is 1. The topological polar surface area (TPSA) is 35.2 Å². The summed E-state index contributed by atoms with van der Waals surface area (Å²) in [5, 5.41) is 0.740. The summed E-state index contributed by atoms with van der Waals surface area (Å²) in [7, 11) is 0. The van der Waals surface area contributed by atoms with Gasteiger partial charge in [0.25, 0.3) is 0 Å². The third-order valence-corrected chi connectivity index (χ3v) is 1.98. The first-order valence-electron chi connectivity index (χ1n) is 4.33. The summed E-state index contributed by atoms with van der Waals surface area (Å²) in [6.07, 6.45) is 0.877. The molecule has 2 N–H and O–H groups in total. The molecule has 0 fully saturated rings. The Morgan fingerprint density at radius 2 is 2.23 bits per heavy atom. The van der Waals surface area contributed by atoms with E-state index in [9.17, 15) is 0 Å². The molecule has 0 amide bonds. The number of halogens is 1. The highest BCUT2D eigenvalue weighted by Gasteiger charge is 1.98. The second-order valence-electron chi connectivity index (χ2n) is 2.90. The van der Waals surface area contributed by atoms with Crippen LogP contribution in [-0.4, -0.2) is 13.2 Å². The van der Waals surface area contributed by atoms with Crippen LogP contribution in [-0.2, 0) is 0 Å². The Bertz CT molecular complexity index is 276. The fourth-order valence-electron chi connectivity index (χ4n) is 1.04. The molecule has 0 aromatic heterocycles. The maximum Gasteiger partial charge on any atom is 0.122 e. The van der Waals surface area contributed by atoms with Crippen molar-refractivity contribution in [2.75, 3.05) is 13.2 Å². The zero-order valence-corrected chi connectivity index (χ0v) is 8.47. The van der Waals surface area contributed by atoms with Gasteiger partial charge >= 0.3 is 0 Å². The lowest BCUT2D eigenvalue weighted by Gasteiger charge is -2.08. The Balaban J connectivity index is 2.56. The minimum atomic E-state index is 0.659. The van der Waals surface area contributed by atoms with Crippen molar-refractivity contribution in [3.63, 3.8) is 0 Å². The number of nitrogens with two attached hydrogens (primary N) is 1. The summed E-state index contributed by atoms with van der Waals surface area (Å²) in [5.74, 6) is 0.887. The van der Waals surface area contributed by atoms with E-state index < -0.39 is 0 Å². The number of hydrogen-bond acceptors (Lipinski definition) is 2. The minimum Gasteiger partial charge on any atom is -0.493 e. The van der Waals surface area contributed by atoms with Crippen LogP contribution in [0.1, 0.15) is 12.0 Å². The van der Waals surface area contributed by atoms with Crippen molar-refractivity contribution in [2.45, 2.75) is 13.3 Å². The average molecular weight is 200 g/mol. The monoisotopic (exact) mass is 199 g/mol. The Morgan fingerprint density at radius 3 is 2.85 bits per heavy atom. The van der Waals surface area contributed by atoms with E-state index in [1.54, 1.807) is 0 Å². The second kappa shape index (κ2) is 5.10. The van der Waals surface area contributed by atoms with Crippen LogP contribution in [0.15, 0.2) is 18.2 Å². The quantitative estimate of drug-likeness (QED) is 0.756. The van der Waals surface area contributed by atoms with Gasteiger partial charge in [0.1, 0.15) is 5.75 Å². The third kappa shape index (κ3) is 3.25. The standard InChI is InChI=1S/C10H14ClNO/c1-8-7-9(11)3-4-10(8)13-6-2-5-12/h3-4,7H,2,5-6,12H2,1H3. The van der Waals surface area contributed by atoms with Crippen LogP contribution in [0, 0.1) is 6.92 Å². The van der Waals surface area contributed by atoms with Gasteiger partial charge in [0.05, 0.1) is 6.61 Å². The Morgan fingerprint density at radius 1 is 1.46 bits per heavy atom. The lowest BCUT2D eigenvalue weighted by molar-refractivity contribution is 0.311. The molecule has 0 unspecified atom stereocenters. The molecule has 2 nitrogen and oxygen atoms in total. The molecule has 0 bridgehead atoms. The zero-order chi connectivity index (χ0) is 9.68. The molecule has 1 aromatic carbocycles. The van der Waals surface area contributed by atoms with Gasteiger partial charge in [-0.25, -0.2) is 0 Å². The van der Waals surface area contributed by atoms with Gasteiger partial charge in [0, 0.05) is 5.02 Å². The fourth-order valence-corrected chi connectivity index (χ4v) is 1.27. The van der Waals surface area contributed by atoms with Crippen LogP contribution in [0.5, 0.6) is 5.75 Å². The van der Waals surface area contributed by atoms with Gasteiger partial charge in [-0.3, -0.25) is 0 Å². The predicted octanol–water partition coefficient (Wildman–Crippen LogP) is 2.38. The van der Waals surface area contributed by atoms with E-state index in [4.69, 9.17) is 22.1 Å². The molecule has 0 saturated heterocycles. The number of aryl methyl sites for hydroxylation is 1. The Labute approximate surface area is 83.6 Å². The van der Waals surface area contributed by atoms with E-state index in [0.29, 0.717) is 13.2 Å². The Kier molecular flexibility index (Phi) is 4.06. The van der Waals surface area contributed by atoms with E-state index in [1.165, 1.54) is 0 Å². The number of rotatable bonds is 4. The molecule has 3 heteroatoms. The van der Waals surface area contributed by atoms with Crippen LogP contribution < -0.4 is 10.5 Å². The highest BCUT2D eigenvalue weighted by molar-refractivity contribution is 6.30. The van der Waals surface area contributed by atoms with Gasteiger partial charge in [-0.2, -0.15) is 0 Å². The minimum absolute atomic E-state index is 0.659. The summed E-state index contributed by atoms with van der Waals surface area (Å²) < 4.78 is 5.49. The van der Waals surface area contributed by atoms with Gasteiger partial charge in [0.15, 0.2) is 0 Å². The molecule has 0 spiro atoms. The summed E-state index contributed by atoms with van der Waals surface area (Å²) in [4.78, 5) is 0. The fraction of sp³-hybridized carbons (Fsp3) is 0.400. The van der Waals surface area contributed by atoms with Gasteiger partial charge < -0.3 is 10.5 Å². The van der Waals surface area contributed by atoms with Crippen molar-refractivity contribution in [2.24, 2.45) is 5.73 Å². The summed E-state index contributed by atoms with van der Waals surface area (Å²) in [6.45, 7) is 3.30. The van der Waals surface area contributed by atoms with E-state index in [0.717, 1.165) is 22.8 Å².